The van der Waals surface area contributed by atoms with Gasteiger partial charge in [0.15, 0.2) is 0 Å². The molecule has 0 saturated heterocycles. The van der Waals surface area contributed by atoms with Gasteiger partial charge in [-0.1, -0.05) is 0 Å². The molecular weight excluding hydrogens is 148 g/mol. The topological polar surface area (TPSA) is 87.1 Å². The maximum atomic E-state index is 9.96. The minimum absolute atomic E-state index is 0.495. The second kappa shape index (κ2) is 3.35. The van der Waals surface area contributed by atoms with Gasteiger partial charge in [-0.2, -0.15) is 0 Å². The first kappa shape index (κ1) is 7.26. The molecule has 58 valence electrons. The number of anilines is 1. The van der Waals surface area contributed by atoms with Crippen LogP contribution < -0.4 is 10.9 Å². The highest BCUT2D eigenvalue weighted by Gasteiger charge is 1.92. The van der Waals surface area contributed by atoms with Crippen molar-refractivity contribution in [3.05, 3.63) is 18.7 Å². The van der Waals surface area contributed by atoms with Gasteiger partial charge >= 0.3 is 6.09 Å². The molecule has 0 radical (unpaired) electrons. The Morgan fingerprint density at radius 2 is 2.09 bits per heavy atom. The van der Waals surface area contributed by atoms with Crippen molar-refractivity contribution < 1.29 is 9.90 Å². The van der Waals surface area contributed by atoms with Crippen LogP contribution in [0.1, 0.15) is 0 Å². The number of hydrogen-bond acceptors (Lipinski definition) is 4. The molecule has 0 aliphatic heterocycles. The Kier molecular flexibility index (Phi) is 2.21. The van der Waals surface area contributed by atoms with Crippen molar-refractivity contribution in [2.24, 2.45) is 0 Å². The number of aromatic nitrogens is 2. The van der Waals surface area contributed by atoms with E-state index < -0.39 is 6.09 Å². The zero-order chi connectivity index (χ0) is 8.10. The summed E-state index contributed by atoms with van der Waals surface area (Å²) < 4.78 is 0. The standard InChI is InChI=1S/C5H6N4O2/c10-5(11)9-8-4-1-6-3-7-2-4/h1-3,8-9H,(H,10,11). The fraction of sp³-hybridized carbons (Fsp3) is 0. The van der Waals surface area contributed by atoms with Crippen LogP contribution in [-0.2, 0) is 0 Å². The van der Waals surface area contributed by atoms with Gasteiger partial charge in [0, 0.05) is 0 Å². The van der Waals surface area contributed by atoms with Gasteiger partial charge in [0.05, 0.1) is 18.1 Å². The van der Waals surface area contributed by atoms with E-state index in [2.05, 4.69) is 15.4 Å². The van der Waals surface area contributed by atoms with Crippen LogP contribution in [0.4, 0.5) is 10.5 Å². The summed E-state index contributed by atoms with van der Waals surface area (Å²) in [5.41, 5.74) is 4.81. The molecular formula is C5H6N4O2. The van der Waals surface area contributed by atoms with Crippen LogP contribution in [0.2, 0.25) is 0 Å². The van der Waals surface area contributed by atoms with E-state index in [0.29, 0.717) is 5.69 Å². The molecule has 0 spiro atoms. The Balaban J connectivity index is 2.45. The van der Waals surface area contributed by atoms with Crippen LogP contribution in [0.15, 0.2) is 18.7 Å². The number of nitrogens with zero attached hydrogens (tertiary/aromatic N) is 2. The highest BCUT2D eigenvalue weighted by Crippen LogP contribution is 1.96. The van der Waals surface area contributed by atoms with Gasteiger partial charge < -0.3 is 5.11 Å². The number of carbonyl (C=O) groups is 1. The van der Waals surface area contributed by atoms with Gasteiger partial charge in [-0.25, -0.2) is 20.2 Å². The molecule has 1 amide bonds. The summed E-state index contributed by atoms with van der Waals surface area (Å²) >= 11 is 0. The van der Waals surface area contributed by atoms with E-state index in [0.717, 1.165) is 0 Å². The van der Waals surface area contributed by atoms with Crippen molar-refractivity contribution in [3.63, 3.8) is 0 Å². The largest absolute Gasteiger partial charge is 0.464 e. The summed E-state index contributed by atoms with van der Waals surface area (Å²) in [4.78, 5) is 17.3. The predicted molar refractivity (Wildman–Crippen MR) is 36.8 cm³/mol. The zero-order valence-electron chi connectivity index (χ0n) is 5.48. The molecule has 6 heteroatoms. The van der Waals surface area contributed by atoms with E-state index in [1.165, 1.54) is 18.7 Å². The van der Waals surface area contributed by atoms with Gasteiger partial charge in [0.2, 0.25) is 0 Å². The molecule has 6 nitrogen and oxygen atoms in total. The van der Waals surface area contributed by atoms with Crippen LogP contribution in [0, 0.1) is 0 Å². The average Bonchev–Trinajstić information content (AvgIpc) is 2.03. The molecule has 1 heterocycles. The number of rotatable bonds is 2. The molecule has 0 unspecified atom stereocenters. The van der Waals surface area contributed by atoms with Crippen molar-refractivity contribution >= 4 is 11.8 Å². The van der Waals surface area contributed by atoms with Crippen LogP contribution in [0.25, 0.3) is 0 Å². The average molecular weight is 154 g/mol. The fourth-order valence-electron chi connectivity index (χ4n) is 0.489. The quantitative estimate of drug-likeness (QED) is 0.525. The zero-order valence-corrected chi connectivity index (χ0v) is 5.48. The van der Waals surface area contributed by atoms with Gasteiger partial charge in [-0.3, -0.25) is 5.43 Å². The lowest BCUT2D eigenvalue weighted by Crippen LogP contribution is -2.27. The van der Waals surface area contributed by atoms with E-state index in [-0.39, 0.29) is 0 Å². The first-order valence-electron chi connectivity index (χ1n) is 2.79. The minimum Gasteiger partial charge on any atom is -0.464 e. The molecule has 0 bridgehead atoms. The third-order valence-corrected chi connectivity index (χ3v) is 0.874. The second-order valence-corrected chi connectivity index (χ2v) is 1.68. The van der Waals surface area contributed by atoms with Crippen molar-refractivity contribution in [1.29, 1.82) is 0 Å². The Bertz CT molecular complexity index is 237. The summed E-state index contributed by atoms with van der Waals surface area (Å²) in [6.07, 6.45) is 3.09. The summed E-state index contributed by atoms with van der Waals surface area (Å²) in [7, 11) is 0. The highest BCUT2D eigenvalue weighted by molar-refractivity contribution is 5.66. The van der Waals surface area contributed by atoms with Crippen LogP contribution in [-0.4, -0.2) is 21.2 Å². The van der Waals surface area contributed by atoms with Gasteiger partial charge in [0.25, 0.3) is 0 Å². The number of amides is 1. The molecule has 1 rings (SSSR count). The van der Waals surface area contributed by atoms with Crippen LogP contribution >= 0.6 is 0 Å². The summed E-state index contributed by atoms with van der Waals surface area (Å²) in [5.74, 6) is 0. The highest BCUT2D eigenvalue weighted by atomic mass is 16.4. The Morgan fingerprint density at radius 1 is 1.45 bits per heavy atom. The third kappa shape index (κ3) is 2.48. The molecule has 1 aromatic heterocycles. The third-order valence-electron chi connectivity index (χ3n) is 0.874. The SMILES string of the molecule is O=C(O)NNc1cncnc1. The number of carboxylic acid groups (broad SMARTS) is 1. The van der Waals surface area contributed by atoms with Gasteiger partial charge in [-0.15, -0.1) is 0 Å². The molecule has 1 aromatic rings. The Morgan fingerprint density at radius 3 is 2.64 bits per heavy atom. The van der Waals surface area contributed by atoms with Crippen molar-refractivity contribution in [3.8, 4) is 0 Å². The Hall–Kier alpha value is -1.85. The van der Waals surface area contributed by atoms with Crippen LogP contribution in [0.3, 0.4) is 0 Å². The number of nitrogens with one attached hydrogen (secondary N) is 2. The number of hydrazine groups is 1. The number of hydrogen-bond donors (Lipinski definition) is 3. The summed E-state index contributed by atoms with van der Waals surface area (Å²) in [5, 5.41) is 8.16. The van der Waals surface area contributed by atoms with Crippen molar-refractivity contribution in [1.82, 2.24) is 15.4 Å². The molecule has 0 atom stereocenters. The maximum absolute atomic E-state index is 9.96. The smallest absolute Gasteiger partial charge is 0.423 e. The van der Waals surface area contributed by atoms with E-state index in [4.69, 9.17) is 5.11 Å². The van der Waals surface area contributed by atoms with E-state index in [1.807, 2.05) is 5.43 Å². The van der Waals surface area contributed by atoms with E-state index in [1.54, 1.807) is 0 Å². The molecule has 0 aromatic carbocycles. The lowest BCUT2D eigenvalue weighted by molar-refractivity contribution is 0.197. The normalized spacial score (nSPS) is 8.73. The molecule has 0 aliphatic rings. The summed E-state index contributed by atoms with van der Waals surface area (Å²) in [6, 6.07) is 0. The predicted octanol–water partition coefficient (Wildman–Crippen LogP) is 0.0711. The van der Waals surface area contributed by atoms with Crippen molar-refractivity contribution in [2.45, 2.75) is 0 Å². The first-order chi connectivity index (χ1) is 5.29. The van der Waals surface area contributed by atoms with E-state index in [9.17, 15) is 4.79 Å². The summed E-state index contributed by atoms with van der Waals surface area (Å²) in [6.45, 7) is 0. The van der Waals surface area contributed by atoms with E-state index >= 15 is 0 Å². The lowest BCUT2D eigenvalue weighted by atomic mass is 10.6. The molecule has 0 aliphatic carbocycles. The first-order valence-corrected chi connectivity index (χ1v) is 2.79. The molecule has 0 saturated carbocycles. The monoisotopic (exact) mass is 154 g/mol. The lowest BCUT2D eigenvalue weighted by Gasteiger charge is -2.01. The van der Waals surface area contributed by atoms with Gasteiger partial charge in [-0.05, 0) is 0 Å². The van der Waals surface area contributed by atoms with Gasteiger partial charge in [0.1, 0.15) is 6.33 Å². The Labute approximate surface area is 62.3 Å². The molecule has 3 N–H and O–H groups in total. The molecule has 11 heavy (non-hydrogen) atoms. The van der Waals surface area contributed by atoms with Crippen LogP contribution in [0.5, 0.6) is 0 Å². The molecule has 0 fully saturated rings. The minimum atomic E-state index is -1.16. The van der Waals surface area contributed by atoms with Crippen molar-refractivity contribution in [2.75, 3.05) is 5.43 Å². The fourth-order valence-corrected chi connectivity index (χ4v) is 0.489. The second-order valence-electron chi connectivity index (χ2n) is 1.68. The maximum Gasteiger partial charge on any atom is 0.423 e.